The summed E-state index contributed by atoms with van der Waals surface area (Å²) in [5, 5.41) is 22.2. The summed E-state index contributed by atoms with van der Waals surface area (Å²) in [6.07, 6.45) is 2.06. The van der Waals surface area contributed by atoms with Crippen molar-refractivity contribution in [1.82, 2.24) is 5.32 Å². The lowest BCUT2D eigenvalue weighted by Gasteiger charge is -2.17. The molecule has 2 unspecified atom stereocenters. The van der Waals surface area contributed by atoms with Gasteiger partial charge in [0.2, 0.25) is 0 Å². The second kappa shape index (κ2) is 7.39. The molecule has 3 heteroatoms. The predicted octanol–water partition coefficient (Wildman–Crippen LogP) is 2.76. The Morgan fingerprint density at radius 1 is 1.28 bits per heavy atom. The number of aromatic hydroxyl groups is 1. The van der Waals surface area contributed by atoms with Crippen LogP contribution in [0, 0.1) is 12.8 Å². The summed E-state index contributed by atoms with van der Waals surface area (Å²) in [6.45, 7) is 7.30. The molecular weight excluding hydrogens is 226 g/mol. The highest BCUT2D eigenvalue weighted by Crippen LogP contribution is 2.24. The Labute approximate surface area is 110 Å². The second-order valence-corrected chi connectivity index (χ2v) is 5.17. The first kappa shape index (κ1) is 15.0. The van der Waals surface area contributed by atoms with Crippen LogP contribution in [0.15, 0.2) is 18.2 Å². The highest BCUT2D eigenvalue weighted by atomic mass is 16.3. The number of phenols is 1. The van der Waals surface area contributed by atoms with E-state index in [2.05, 4.69) is 19.2 Å². The van der Waals surface area contributed by atoms with Crippen molar-refractivity contribution in [3.63, 3.8) is 0 Å². The first-order valence-electron chi connectivity index (χ1n) is 6.68. The van der Waals surface area contributed by atoms with Gasteiger partial charge >= 0.3 is 0 Å². The van der Waals surface area contributed by atoms with E-state index in [1.165, 1.54) is 0 Å². The van der Waals surface area contributed by atoms with E-state index in [0.29, 0.717) is 11.7 Å². The number of aliphatic hydroxyl groups is 1. The van der Waals surface area contributed by atoms with Crippen molar-refractivity contribution in [2.24, 2.45) is 5.92 Å². The Morgan fingerprint density at radius 2 is 2.00 bits per heavy atom. The van der Waals surface area contributed by atoms with E-state index in [4.69, 9.17) is 5.11 Å². The van der Waals surface area contributed by atoms with E-state index < -0.39 is 0 Å². The molecule has 0 fully saturated rings. The van der Waals surface area contributed by atoms with Crippen LogP contribution in [0.4, 0.5) is 0 Å². The predicted molar refractivity (Wildman–Crippen MR) is 74.7 cm³/mol. The molecule has 1 rings (SSSR count). The molecule has 0 saturated carbocycles. The monoisotopic (exact) mass is 251 g/mol. The number of nitrogens with one attached hydrogen (secondary N) is 1. The van der Waals surface area contributed by atoms with Gasteiger partial charge in [0.1, 0.15) is 5.75 Å². The number of hydrogen-bond acceptors (Lipinski definition) is 3. The standard InChI is InChI=1S/C15H25NO2/c1-11-6-7-15(18)14(9-11)13(3)16-8-4-5-12(2)10-17/h6-7,9,12-13,16-18H,4-5,8,10H2,1-3H3. The Morgan fingerprint density at radius 3 is 2.67 bits per heavy atom. The summed E-state index contributed by atoms with van der Waals surface area (Å²) in [4.78, 5) is 0. The van der Waals surface area contributed by atoms with Gasteiger partial charge in [-0.25, -0.2) is 0 Å². The molecule has 2 atom stereocenters. The summed E-state index contributed by atoms with van der Waals surface area (Å²) in [7, 11) is 0. The highest BCUT2D eigenvalue weighted by molar-refractivity contribution is 5.37. The van der Waals surface area contributed by atoms with Crippen LogP contribution < -0.4 is 5.32 Å². The number of hydrogen-bond donors (Lipinski definition) is 3. The van der Waals surface area contributed by atoms with Crippen LogP contribution in [0.3, 0.4) is 0 Å². The van der Waals surface area contributed by atoms with Gasteiger partial charge in [0, 0.05) is 18.2 Å². The number of aliphatic hydroxyl groups excluding tert-OH is 1. The zero-order valence-corrected chi connectivity index (χ0v) is 11.6. The third kappa shape index (κ3) is 4.67. The smallest absolute Gasteiger partial charge is 0.120 e. The molecule has 3 N–H and O–H groups in total. The van der Waals surface area contributed by atoms with Gasteiger partial charge < -0.3 is 15.5 Å². The molecule has 0 spiro atoms. The van der Waals surface area contributed by atoms with Crippen molar-refractivity contribution in [2.45, 2.75) is 39.7 Å². The Balaban J connectivity index is 2.40. The van der Waals surface area contributed by atoms with Gasteiger partial charge in [0.05, 0.1) is 0 Å². The van der Waals surface area contributed by atoms with E-state index in [9.17, 15) is 5.11 Å². The lowest BCUT2D eigenvalue weighted by Crippen LogP contribution is -2.20. The SMILES string of the molecule is Cc1ccc(O)c(C(C)NCCCC(C)CO)c1. The van der Waals surface area contributed by atoms with Gasteiger partial charge in [-0.3, -0.25) is 0 Å². The maximum atomic E-state index is 9.82. The fourth-order valence-corrected chi connectivity index (χ4v) is 1.99. The molecule has 3 nitrogen and oxygen atoms in total. The van der Waals surface area contributed by atoms with E-state index in [1.54, 1.807) is 6.07 Å². The quantitative estimate of drug-likeness (QED) is 0.653. The molecule has 0 amide bonds. The molecule has 18 heavy (non-hydrogen) atoms. The summed E-state index contributed by atoms with van der Waals surface area (Å²) >= 11 is 0. The Hall–Kier alpha value is -1.06. The van der Waals surface area contributed by atoms with E-state index in [0.717, 1.165) is 30.5 Å². The lowest BCUT2D eigenvalue weighted by molar-refractivity contribution is 0.227. The Bertz CT molecular complexity index is 366. The molecule has 1 aromatic rings. The van der Waals surface area contributed by atoms with Gasteiger partial charge in [-0.2, -0.15) is 0 Å². The third-order valence-electron chi connectivity index (χ3n) is 3.29. The molecule has 0 bridgehead atoms. The summed E-state index contributed by atoms with van der Waals surface area (Å²) < 4.78 is 0. The molecule has 102 valence electrons. The third-order valence-corrected chi connectivity index (χ3v) is 3.29. The van der Waals surface area contributed by atoms with Crippen molar-refractivity contribution >= 4 is 0 Å². The van der Waals surface area contributed by atoms with Gasteiger partial charge in [-0.05, 0) is 45.2 Å². The van der Waals surface area contributed by atoms with Gasteiger partial charge in [0.25, 0.3) is 0 Å². The van der Waals surface area contributed by atoms with Gasteiger partial charge in [0.15, 0.2) is 0 Å². The Kier molecular flexibility index (Phi) is 6.16. The van der Waals surface area contributed by atoms with E-state index in [1.807, 2.05) is 19.1 Å². The van der Waals surface area contributed by atoms with Crippen molar-refractivity contribution in [3.8, 4) is 5.75 Å². The highest BCUT2D eigenvalue weighted by Gasteiger charge is 2.09. The fraction of sp³-hybridized carbons (Fsp3) is 0.600. The maximum Gasteiger partial charge on any atom is 0.120 e. The van der Waals surface area contributed by atoms with Crippen LogP contribution in [0.5, 0.6) is 5.75 Å². The molecule has 0 aliphatic heterocycles. The summed E-state index contributed by atoms with van der Waals surface area (Å²) in [6, 6.07) is 5.82. The topological polar surface area (TPSA) is 52.5 Å². The van der Waals surface area contributed by atoms with Crippen molar-refractivity contribution in [1.29, 1.82) is 0 Å². The second-order valence-electron chi connectivity index (χ2n) is 5.17. The molecule has 0 heterocycles. The van der Waals surface area contributed by atoms with Gasteiger partial charge in [-0.15, -0.1) is 0 Å². The van der Waals surface area contributed by atoms with E-state index in [-0.39, 0.29) is 12.6 Å². The summed E-state index contributed by atoms with van der Waals surface area (Å²) in [5.74, 6) is 0.721. The van der Waals surface area contributed by atoms with Crippen LogP contribution in [-0.2, 0) is 0 Å². The average molecular weight is 251 g/mol. The first-order valence-corrected chi connectivity index (χ1v) is 6.68. The summed E-state index contributed by atoms with van der Waals surface area (Å²) in [5.41, 5.74) is 2.11. The molecular formula is C15H25NO2. The van der Waals surface area contributed by atoms with Crippen molar-refractivity contribution in [3.05, 3.63) is 29.3 Å². The van der Waals surface area contributed by atoms with Crippen LogP contribution in [0.25, 0.3) is 0 Å². The fourth-order valence-electron chi connectivity index (χ4n) is 1.99. The molecule has 0 aromatic heterocycles. The zero-order chi connectivity index (χ0) is 13.5. The first-order chi connectivity index (χ1) is 8.54. The lowest BCUT2D eigenvalue weighted by atomic mass is 10.0. The molecule has 0 aliphatic rings. The van der Waals surface area contributed by atoms with Gasteiger partial charge in [-0.1, -0.05) is 24.6 Å². The number of rotatable bonds is 7. The van der Waals surface area contributed by atoms with Crippen LogP contribution in [0.1, 0.15) is 43.9 Å². The maximum absolute atomic E-state index is 9.82. The zero-order valence-electron chi connectivity index (χ0n) is 11.6. The molecule has 0 aliphatic carbocycles. The van der Waals surface area contributed by atoms with E-state index >= 15 is 0 Å². The minimum Gasteiger partial charge on any atom is -0.508 e. The van der Waals surface area contributed by atoms with Crippen molar-refractivity contribution < 1.29 is 10.2 Å². The average Bonchev–Trinajstić information content (AvgIpc) is 2.36. The molecule has 0 saturated heterocycles. The number of aryl methyl sites for hydroxylation is 1. The van der Waals surface area contributed by atoms with Crippen LogP contribution in [0.2, 0.25) is 0 Å². The molecule has 0 radical (unpaired) electrons. The molecule has 1 aromatic carbocycles. The minimum absolute atomic E-state index is 0.148. The normalized spacial score (nSPS) is 14.4. The minimum atomic E-state index is 0.148. The number of benzene rings is 1. The van der Waals surface area contributed by atoms with Crippen LogP contribution >= 0.6 is 0 Å². The largest absolute Gasteiger partial charge is 0.508 e. The van der Waals surface area contributed by atoms with Crippen molar-refractivity contribution in [2.75, 3.05) is 13.2 Å². The number of phenolic OH excluding ortho intramolecular Hbond substituents is 1. The van der Waals surface area contributed by atoms with Crippen LogP contribution in [-0.4, -0.2) is 23.4 Å².